The van der Waals surface area contributed by atoms with Gasteiger partial charge in [-0.3, -0.25) is 0 Å². The zero-order valence-corrected chi connectivity index (χ0v) is 27.5. The predicted molar refractivity (Wildman–Crippen MR) is 162 cm³/mol. The van der Waals surface area contributed by atoms with Crippen LogP contribution in [-0.4, -0.2) is 42.6 Å². The average molecular weight is 652 g/mol. The second-order valence-corrected chi connectivity index (χ2v) is 20.4. The van der Waals surface area contributed by atoms with Crippen molar-refractivity contribution in [3.8, 4) is 0 Å². The van der Waals surface area contributed by atoms with Gasteiger partial charge in [0.1, 0.15) is 0 Å². The van der Waals surface area contributed by atoms with Crippen LogP contribution in [0.4, 0.5) is 0 Å². The van der Waals surface area contributed by atoms with Gasteiger partial charge in [0.25, 0.3) is 0 Å². The van der Waals surface area contributed by atoms with Crippen LogP contribution in [0.1, 0.15) is 63.5 Å². The molecular weight excluding hydrogens is 607 g/mol. The van der Waals surface area contributed by atoms with Crippen molar-refractivity contribution in [2.75, 3.05) is 11.5 Å². The Morgan fingerprint density at radius 2 is 1.05 bits per heavy atom. The van der Waals surface area contributed by atoms with Crippen LogP contribution in [0, 0.1) is 10.8 Å². The number of benzene rings is 2. The summed E-state index contributed by atoms with van der Waals surface area (Å²) in [6, 6.07) is 20.0. The van der Waals surface area contributed by atoms with Crippen molar-refractivity contribution in [1.82, 2.24) is 0 Å². The maximum absolute atomic E-state index is 13.8. The zero-order valence-electron chi connectivity index (χ0n) is 22.9. The van der Waals surface area contributed by atoms with Gasteiger partial charge < -0.3 is 0 Å². The van der Waals surface area contributed by atoms with Crippen molar-refractivity contribution in [1.29, 1.82) is 0 Å². The Labute approximate surface area is 240 Å². The van der Waals surface area contributed by atoms with Crippen molar-refractivity contribution in [3.63, 3.8) is 0 Å². The topological polar surface area (TPSA) is 52.6 Å². The summed E-state index contributed by atoms with van der Waals surface area (Å²) in [6.45, 7) is 4.23. The van der Waals surface area contributed by atoms with Crippen LogP contribution in [0.3, 0.4) is 0 Å². The Balaban J connectivity index is 2.26. The molecule has 0 heterocycles. The van der Waals surface area contributed by atoms with Crippen LogP contribution in [0.2, 0.25) is 9.88 Å². The standard InChI is InChI=1S/2C14H20O2S.2CH3.Sn/c2*1-2-3-9-14(11-17,13(15)16)10-12-7-5-4-6-8-12;;;/h2*4-8,17H,2-3,9-11H2,1H3,(H,15,16);2*1H3;/q;;;;+2/p-2. The van der Waals surface area contributed by atoms with Gasteiger partial charge in [0.15, 0.2) is 0 Å². The van der Waals surface area contributed by atoms with Gasteiger partial charge >= 0.3 is 241 Å². The molecule has 2 rings (SSSR count). The summed E-state index contributed by atoms with van der Waals surface area (Å²) in [7, 11) is 0. The molecule has 0 amide bonds. The summed E-state index contributed by atoms with van der Waals surface area (Å²) in [5.74, 6) is 0.173. The predicted octanol–water partition coefficient (Wildman–Crippen LogP) is 7.47. The fourth-order valence-corrected chi connectivity index (χ4v) is 9.31. The molecule has 0 aliphatic heterocycles. The molecule has 2 atom stereocenters. The van der Waals surface area contributed by atoms with E-state index in [4.69, 9.17) is 6.15 Å². The average Bonchev–Trinajstić information content (AvgIpc) is 2.89. The molecule has 0 saturated heterocycles. The first kappa shape index (κ1) is 32.1. The maximum atomic E-state index is 13.8. The Kier molecular flexibility index (Phi) is 13.4. The third kappa shape index (κ3) is 9.54. The van der Waals surface area contributed by atoms with Crippen LogP contribution >= 0.6 is 25.3 Å². The number of carbonyl (C=O) groups excluding carboxylic acids is 2. The van der Waals surface area contributed by atoms with E-state index in [1.807, 2.05) is 70.5 Å². The number of carbonyl (C=O) groups is 2. The van der Waals surface area contributed by atoms with Crippen molar-refractivity contribution in [2.45, 2.75) is 75.1 Å². The molecule has 0 N–H and O–H groups in total. The first-order valence-corrected chi connectivity index (χ1v) is 22.7. The van der Waals surface area contributed by atoms with Gasteiger partial charge in [-0.25, -0.2) is 0 Å². The summed E-state index contributed by atoms with van der Waals surface area (Å²) in [4.78, 5) is 31.2. The van der Waals surface area contributed by atoms with Gasteiger partial charge in [-0.05, 0) is 0 Å². The van der Waals surface area contributed by atoms with Crippen molar-refractivity contribution in [2.24, 2.45) is 10.8 Å². The Bertz CT molecular complexity index is 893. The van der Waals surface area contributed by atoms with E-state index >= 15 is 0 Å². The molecule has 0 aliphatic rings. The normalized spacial score (nSPS) is 14.9. The Hall–Kier alpha value is -1.12. The number of rotatable bonds is 16. The van der Waals surface area contributed by atoms with E-state index in [-0.39, 0.29) is 11.9 Å². The minimum absolute atomic E-state index is 0.290. The number of unbranched alkanes of at least 4 members (excludes halogenated alkanes) is 2. The molecule has 4 nitrogen and oxygen atoms in total. The fraction of sp³-hybridized carbons (Fsp3) is 0.533. The molecule has 7 heteroatoms. The van der Waals surface area contributed by atoms with Crippen LogP contribution in [0.15, 0.2) is 60.7 Å². The van der Waals surface area contributed by atoms with Gasteiger partial charge in [-0.15, -0.1) is 0 Å². The molecule has 204 valence electrons. The first-order valence-electron chi connectivity index (χ1n) is 13.4. The molecule has 0 fully saturated rings. The molecule has 2 aromatic carbocycles. The van der Waals surface area contributed by atoms with Crippen molar-refractivity contribution in [3.05, 3.63) is 71.8 Å². The molecule has 0 saturated carbocycles. The molecule has 0 aliphatic carbocycles. The third-order valence-electron chi connectivity index (χ3n) is 6.94. The summed E-state index contributed by atoms with van der Waals surface area (Å²) in [6.07, 6.45) is 6.21. The van der Waals surface area contributed by atoms with Crippen molar-refractivity contribution >= 4 is 56.4 Å². The van der Waals surface area contributed by atoms with Crippen molar-refractivity contribution < 1.29 is 15.7 Å². The zero-order chi connectivity index (χ0) is 27.4. The molecule has 0 spiro atoms. The number of hydrogen-bond acceptors (Lipinski definition) is 6. The SMILES string of the molecule is CCCCC(CS)(Cc1ccccc1)C(=O)[O][Sn]([CH3])([CH3])[O]C(=O)C(CS)(CCCC)Cc1ccccc1. The molecular formula is C30H44O4S2Sn. The Morgan fingerprint density at radius 1 is 0.703 bits per heavy atom. The van der Waals surface area contributed by atoms with Gasteiger partial charge in [-0.1, -0.05) is 0 Å². The van der Waals surface area contributed by atoms with Crippen LogP contribution in [-0.2, 0) is 28.6 Å². The summed E-state index contributed by atoms with van der Waals surface area (Å²) in [5, 5.41) is 0. The molecule has 0 bridgehead atoms. The van der Waals surface area contributed by atoms with E-state index in [0.29, 0.717) is 37.2 Å². The minimum atomic E-state index is -4.05. The van der Waals surface area contributed by atoms with E-state index in [1.165, 1.54) is 0 Å². The Morgan fingerprint density at radius 3 is 1.35 bits per heavy atom. The van der Waals surface area contributed by atoms with E-state index in [0.717, 1.165) is 36.8 Å². The molecule has 37 heavy (non-hydrogen) atoms. The van der Waals surface area contributed by atoms with Crippen LogP contribution < -0.4 is 0 Å². The molecule has 2 aromatic rings. The summed E-state index contributed by atoms with van der Waals surface area (Å²) >= 11 is 5.20. The van der Waals surface area contributed by atoms with E-state index in [9.17, 15) is 9.59 Å². The van der Waals surface area contributed by atoms with E-state index < -0.39 is 30.0 Å². The van der Waals surface area contributed by atoms with Gasteiger partial charge in [0.2, 0.25) is 0 Å². The third-order valence-corrected chi connectivity index (χ3v) is 12.0. The second kappa shape index (κ2) is 15.5. The monoisotopic (exact) mass is 652 g/mol. The van der Waals surface area contributed by atoms with E-state index in [1.54, 1.807) is 0 Å². The number of hydrogen-bond donors (Lipinski definition) is 2. The molecule has 0 aromatic heterocycles. The summed E-state index contributed by atoms with van der Waals surface area (Å²) < 4.78 is 12.4. The van der Waals surface area contributed by atoms with E-state index in [2.05, 4.69) is 39.1 Å². The quantitative estimate of drug-likeness (QED) is 0.146. The first-order chi connectivity index (χ1) is 17.7. The molecule has 0 radical (unpaired) electrons. The van der Waals surface area contributed by atoms with Gasteiger partial charge in [-0.2, -0.15) is 0 Å². The van der Waals surface area contributed by atoms with Crippen LogP contribution in [0.5, 0.6) is 0 Å². The number of thiol groups is 2. The molecule has 2 unspecified atom stereocenters. The summed E-state index contributed by atoms with van der Waals surface area (Å²) in [5.41, 5.74) is 0.638. The van der Waals surface area contributed by atoms with Gasteiger partial charge in [0.05, 0.1) is 0 Å². The van der Waals surface area contributed by atoms with Crippen LogP contribution in [0.25, 0.3) is 0 Å². The fourth-order valence-electron chi connectivity index (χ4n) is 4.61. The second-order valence-electron chi connectivity index (χ2n) is 10.6. The van der Waals surface area contributed by atoms with Gasteiger partial charge in [0, 0.05) is 0 Å².